The molecule has 1 saturated carbocycles. The molecule has 274 valence electrons. The minimum atomic E-state index is -2.37. The summed E-state index contributed by atoms with van der Waals surface area (Å²) in [5.41, 5.74) is -4.92. The number of allylic oxidation sites excluding steroid dienone is 2. The van der Waals surface area contributed by atoms with Gasteiger partial charge in [0.15, 0.2) is 28.9 Å². The molecule has 2 aliphatic carbocycles. The van der Waals surface area contributed by atoms with Crippen molar-refractivity contribution in [3.8, 4) is 17.2 Å². The van der Waals surface area contributed by atoms with Crippen molar-refractivity contribution < 1.29 is 43.7 Å². The standard InChI is InChI=1S/C41H56O9/c1-14-15-16-17-22(42)26-29(43)24-21(18-19(2)3)25-32(44)37(6,7)35(46)39(10,11)34(25)49-30(24)27-23(20(4)5)28-33(45)38(8,9)36(47)40(12,13)41(28,48)50-31(26)27/h19-21,23,28,43,48H,14-18H2,1-13H3. The number of Topliss-reactive ketones (excluding diaryl/α,β-unsaturated/α-hetero) is 5. The molecular formula is C41H56O9. The fourth-order valence-corrected chi connectivity index (χ4v) is 9.36. The quantitative estimate of drug-likeness (QED) is 0.159. The van der Waals surface area contributed by atoms with Gasteiger partial charge in [-0.2, -0.15) is 0 Å². The van der Waals surface area contributed by atoms with E-state index < -0.39 is 74.1 Å². The molecule has 0 amide bonds. The minimum Gasteiger partial charge on any atom is -0.507 e. The maximum atomic E-state index is 14.5. The normalized spacial score (nSPS) is 28.8. The molecule has 0 bridgehead atoms. The van der Waals surface area contributed by atoms with E-state index in [2.05, 4.69) is 0 Å². The number of carbonyl (C=O) groups excluding carboxylic acids is 5. The number of ether oxygens (including phenoxy) is 2. The van der Waals surface area contributed by atoms with Gasteiger partial charge in [0.2, 0.25) is 5.79 Å². The molecule has 2 heterocycles. The van der Waals surface area contributed by atoms with Crippen LogP contribution in [0.3, 0.4) is 0 Å². The second-order valence-corrected chi connectivity index (χ2v) is 18.0. The van der Waals surface area contributed by atoms with Crippen molar-refractivity contribution in [3.63, 3.8) is 0 Å². The highest BCUT2D eigenvalue weighted by atomic mass is 16.6. The predicted octanol–water partition coefficient (Wildman–Crippen LogP) is 7.78. The van der Waals surface area contributed by atoms with Gasteiger partial charge in [-0.25, -0.2) is 0 Å². The molecule has 4 aliphatic rings. The highest BCUT2D eigenvalue weighted by Gasteiger charge is 2.72. The number of phenols is 1. The van der Waals surface area contributed by atoms with Gasteiger partial charge in [-0.1, -0.05) is 47.5 Å². The molecule has 0 radical (unpaired) electrons. The second kappa shape index (κ2) is 11.9. The Morgan fingerprint density at radius 1 is 0.820 bits per heavy atom. The largest absolute Gasteiger partial charge is 0.507 e. The van der Waals surface area contributed by atoms with Crippen LogP contribution in [0.4, 0.5) is 0 Å². The highest BCUT2D eigenvalue weighted by Crippen LogP contribution is 2.66. The summed E-state index contributed by atoms with van der Waals surface area (Å²) < 4.78 is 13.3. The van der Waals surface area contributed by atoms with Crippen LogP contribution in [-0.4, -0.2) is 44.9 Å². The lowest BCUT2D eigenvalue weighted by Crippen LogP contribution is -2.72. The Morgan fingerprint density at radius 2 is 1.42 bits per heavy atom. The summed E-state index contributed by atoms with van der Waals surface area (Å²) in [6.45, 7) is 22.7. The van der Waals surface area contributed by atoms with Gasteiger partial charge in [0.25, 0.3) is 0 Å². The number of unbranched alkanes of at least 4 members (excludes halogenated alkanes) is 2. The van der Waals surface area contributed by atoms with Crippen molar-refractivity contribution >= 4 is 28.9 Å². The second-order valence-electron chi connectivity index (χ2n) is 18.0. The lowest BCUT2D eigenvalue weighted by atomic mass is 9.51. The predicted molar refractivity (Wildman–Crippen MR) is 188 cm³/mol. The Kier molecular flexibility index (Phi) is 8.99. The molecule has 4 unspecified atom stereocenters. The van der Waals surface area contributed by atoms with E-state index in [0.717, 1.165) is 12.8 Å². The summed E-state index contributed by atoms with van der Waals surface area (Å²) in [7, 11) is 0. The van der Waals surface area contributed by atoms with Crippen LogP contribution in [0.1, 0.15) is 155 Å². The number of aliphatic hydroxyl groups is 1. The van der Waals surface area contributed by atoms with Gasteiger partial charge in [0.1, 0.15) is 28.6 Å². The monoisotopic (exact) mass is 692 g/mol. The molecule has 1 aromatic rings. The average molecular weight is 693 g/mol. The smallest absolute Gasteiger partial charge is 0.230 e. The number of aromatic hydroxyl groups is 1. The molecule has 2 N–H and O–H groups in total. The van der Waals surface area contributed by atoms with Crippen molar-refractivity contribution in [2.75, 3.05) is 0 Å². The summed E-state index contributed by atoms with van der Waals surface area (Å²) in [5, 5.41) is 25.1. The van der Waals surface area contributed by atoms with Crippen molar-refractivity contribution in [2.45, 2.75) is 140 Å². The Morgan fingerprint density at radius 3 is 1.96 bits per heavy atom. The van der Waals surface area contributed by atoms with Crippen LogP contribution in [0.5, 0.6) is 17.2 Å². The van der Waals surface area contributed by atoms with Crippen LogP contribution in [0.25, 0.3) is 0 Å². The van der Waals surface area contributed by atoms with Crippen LogP contribution in [-0.2, 0) is 19.2 Å². The third kappa shape index (κ3) is 4.91. The Bertz CT molecular complexity index is 1730. The third-order valence-corrected chi connectivity index (χ3v) is 12.1. The molecule has 9 heteroatoms. The number of phenolic OH excluding ortho intramolecular Hbond substituents is 1. The number of hydrogen-bond acceptors (Lipinski definition) is 9. The SMILES string of the molecule is CCCCCC(=O)c1c(O)c2c(c3c1OC1(O)C(C(=O)C(C)(C)C(=O)C1(C)C)C3C(C)C)OC1=C(C(=O)C(C)(C)C(=O)C1(C)C)C2CC(C)C. The number of rotatable bonds is 8. The van der Waals surface area contributed by atoms with E-state index in [0.29, 0.717) is 24.0 Å². The third-order valence-electron chi connectivity index (χ3n) is 12.1. The van der Waals surface area contributed by atoms with E-state index >= 15 is 0 Å². The average Bonchev–Trinajstić information content (AvgIpc) is 3.00. The molecule has 4 atom stereocenters. The zero-order valence-corrected chi connectivity index (χ0v) is 32.2. The minimum absolute atomic E-state index is 0.0188. The van der Waals surface area contributed by atoms with Gasteiger partial charge in [-0.15, -0.1) is 0 Å². The summed E-state index contributed by atoms with van der Waals surface area (Å²) in [6.07, 6.45) is 2.65. The fraction of sp³-hybridized carbons (Fsp3) is 0.683. The Balaban J connectivity index is 1.96. The van der Waals surface area contributed by atoms with E-state index in [-0.39, 0.29) is 52.4 Å². The van der Waals surface area contributed by atoms with Crippen molar-refractivity contribution in [1.82, 2.24) is 0 Å². The Hall–Kier alpha value is -3.33. The number of carbonyl (C=O) groups is 5. The first-order valence-electron chi connectivity index (χ1n) is 18.3. The van der Waals surface area contributed by atoms with E-state index in [4.69, 9.17) is 9.47 Å². The molecule has 1 fully saturated rings. The molecule has 2 aliphatic heterocycles. The molecule has 0 aromatic heterocycles. The summed E-state index contributed by atoms with van der Waals surface area (Å²) in [5.74, 6) is -7.85. The van der Waals surface area contributed by atoms with Crippen molar-refractivity contribution in [2.24, 2.45) is 39.4 Å². The van der Waals surface area contributed by atoms with Crippen molar-refractivity contribution in [1.29, 1.82) is 0 Å². The summed E-state index contributed by atoms with van der Waals surface area (Å²) in [6, 6.07) is 0. The van der Waals surface area contributed by atoms with Crippen molar-refractivity contribution in [3.05, 3.63) is 28.0 Å². The highest BCUT2D eigenvalue weighted by molar-refractivity contribution is 6.20. The van der Waals surface area contributed by atoms with Crippen LogP contribution in [0, 0.1) is 39.4 Å². The summed E-state index contributed by atoms with van der Waals surface area (Å²) in [4.78, 5) is 71.1. The molecule has 1 aromatic carbocycles. The zero-order chi connectivity index (χ0) is 37.8. The van der Waals surface area contributed by atoms with E-state index in [9.17, 15) is 34.2 Å². The maximum Gasteiger partial charge on any atom is 0.230 e. The first kappa shape index (κ1) is 37.9. The number of benzene rings is 1. The van der Waals surface area contributed by atoms with E-state index in [1.54, 1.807) is 55.4 Å². The molecule has 9 nitrogen and oxygen atoms in total. The number of ketones is 5. The number of hydrogen-bond donors (Lipinski definition) is 2. The first-order chi connectivity index (χ1) is 22.8. The molecular weight excluding hydrogens is 636 g/mol. The van der Waals surface area contributed by atoms with Gasteiger partial charge in [0, 0.05) is 35.0 Å². The molecule has 0 saturated heterocycles. The molecule has 5 rings (SSSR count). The topological polar surface area (TPSA) is 144 Å². The molecule has 50 heavy (non-hydrogen) atoms. The zero-order valence-electron chi connectivity index (χ0n) is 32.2. The molecule has 0 spiro atoms. The van der Waals surface area contributed by atoms with Gasteiger partial charge in [-0.05, 0) is 80.1 Å². The van der Waals surface area contributed by atoms with Crippen LogP contribution in [0.15, 0.2) is 11.3 Å². The Labute approximate surface area is 296 Å². The van der Waals surface area contributed by atoms with E-state index in [1.165, 1.54) is 0 Å². The lowest BCUT2D eigenvalue weighted by molar-refractivity contribution is -0.264. The van der Waals surface area contributed by atoms with Crippen LogP contribution in [0.2, 0.25) is 0 Å². The fourth-order valence-electron chi connectivity index (χ4n) is 9.36. The lowest BCUT2D eigenvalue weighted by Gasteiger charge is -2.58. The maximum absolute atomic E-state index is 14.5. The first-order valence-corrected chi connectivity index (χ1v) is 18.3. The van der Waals surface area contributed by atoms with Gasteiger partial charge >= 0.3 is 0 Å². The van der Waals surface area contributed by atoms with Gasteiger partial charge in [0.05, 0.1) is 27.6 Å². The van der Waals surface area contributed by atoms with Gasteiger partial charge < -0.3 is 19.7 Å². The van der Waals surface area contributed by atoms with Crippen LogP contribution < -0.4 is 9.47 Å². The number of fused-ring (bicyclic) bond motifs is 4. The van der Waals surface area contributed by atoms with E-state index in [1.807, 2.05) is 34.6 Å². The van der Waals surface area contributed by atoms with Crippen LogP contribution >= 0.6 is 0 Å². The summed E-state index contributed by atoms with van der Waals surface area (Å²) >= 11 is 0. The van der Waals surface area contributed by atoms with Gasteiger partial charge in [-0.3, -0.25) is 24.0 Å².